The van der Waals surface area contributed by atoms with Gasteiger partial charge >= 0.3 is 0 Å². The van der Waals surface area contributed by atoms with Gasteiger partial charge < -0.3 is 10.1 Å². The minimum atomic E-state index is -0.160. The lowest BCUT2D eigenvalue weighted by Gasteiger charge is -2.14. The van der Waals surface area contributed by atoms with Crippen molar-refractivity contribution in [2.24, 2.45) is 0 Å². The molecule has 5 rings (SSSR count). The lowest BCUT2D eigenvalue weighted by Crippen LogP contribution is -2.13. The highest BCUT2D eigenvalue weighted by molar-refractivity contribution is 7.13. The van der Waals surface area contributed by atoms with Crippen molar-refractivity contribution in [1.29, 1.82) is 0 Å². The van der Waals surface area contributed by atoms with Crippen molar-refractivity contribution < 1.29 is 9.53 Å². The van der Waals surface area contributed by atoms with E-state index in [0.717, 1.165) is 35.2 Å². The second kappa shape index (κ2) is 5.57. The summed E-state index contributed by atoms with van der Waals surface area (Å²) in [5.74, 6) is 0.684. The fourth-order valence-electron chi connectivity index (χ4n) is 3.68. The summed E-state index contributed by atoms with van der Waals surface area (Å²) in [7, 11) is 0. The van der Waals surface area contributed by atoms with Crippen molar-refractivity contribution in [3.05, 3.63) is 23.5 Å². The zero-order chi connectivity index (χ0) is 17.0. The Morgan fingerprint density at radius 1 is 1.36 bits per heavy atom. The van der Waals surface area contributed by atoms with Gasteiger partial charge in [0.1, 0.15) is 10.8 Å². The predicted molar refractivity (Wildman–Crippen MR) is 91.9 cm³/mol. The summed E-state index contributed by atoms with van der Waals surface area (Å²) in [6.45, 7) is 1.46. The van der Waals surface area contributed by atoms with Crippen LogP contribution in [0.15, 0.2) is 18.5 Å². The van der Waals surface area contributed by atoms with Gasteiger partial charge in [0.25, 0.3) is 0 Å². The Labute approximate surface area is 147 Å². The summed E-state index contributed by atoms with van der Waals surface area (Å²) < 4.78 is 7.68. The van der Waals surface area contributed by atoms with Gasteiger partial charge in [-0.25, -0.2) is 9.67 Å². The summed E-state index contributed by atoms with van der Waals surface area (Å²) in [5, 5.41) is 18.4. The highest BCUT2D eigenvalue weighted by atomic mass is 32.1. The second-order valence-electron chi connectivity index (χ2n) is 6.50. The molecule has 2 aliphatic rings. The van der Waals surface area contributed by atoms with Crippen molar-refractivity contribution in [3.8, 4) is 5.13 Å². The molecule has 3 aromatic heterocycles. The fourth-order valence-corrected chi connectivity index (χ4v) is 4.66. The van der Waals surface area contributed by atoms with Gasteiger partial charge in [-0.2, -0.15) is 5.10 Å². The van der Waals surface area contributed by atoms with Crippen molar-refractivity contribution in [2.75, 3.05) is 5.32 Å². The lowest BCUT2D eigenvalue weighted by atomic mass is 9.90. The molecule has 128 valence electrons. The Balaban J connectivity index is 1.50. The average Bonchev–Trinajstić information content (AvgIpc) is 3.36. The summed E-state index contributed by atoms with van der Waals surface area (Å²) in [6, 6.07) is 1.80. The molecule has 1 amide bonds. The third kappa shape index (κ3) is 2.50. The normalized spacial score (nSPS) is 24.9. The number of anilines is 1. The van der Waals surface area contributed by atoms with Gasteiger partial charge in [0.05, 0.1) is 23.9 Å². The lowest BCUT2D eigenvalue weighted by molar-refractivity contribution is -0.114. The second-order valence-corrected chi connectivity index (χ2v) is 7.49. The zero-order valence-corrected chi connectivity index (χ0v) is 14.4. The van der Waals surface area contributed by atoms with E-state index in [9.17, 15) is 4.79 Å². The van der Waals surface area contributed by atoms with Crippen molar-refractivity contribution in [3.63, 3.8) is 0 Å². The first kappa shape index (κ1) is 14.9. The first-order valence-electron chi connectivity index (χ1n) is 8.28. The molecule has 0 saturated carbocycles. The van der Waals surface area contributed by atoms with Gasteiger partial charge in [-0.3, -0.25) is 4.79 Å². The standard InChI is InChI=1S/C16H16N6O2S/c1-8(23)19-14-5-12-9(6-17-14)7-18-22(12)16-21-20-15(25-16)11-4-10-2-3-13(11)24-10/h5-7,10-11,13H,2-4H2,1H3,(H,17,19,23). The minimum absolute atomic E-state index is 0.160. The molecule has 0 radical (unpaired) electrons. The van der Waals surface area contributed by atoms with Crippen LogP contribution >= 0.6 is 11.3 Å². The Morgan fingerprint density at radius 3 is 3.04 bits per heavy atom. The number of amides is 1. The number of fused-ring (bicyclic) bond motifs is 3. The first-order chi connectivity index (χ1) is 12.2. The Hall–Kier alpha value is -2.39. The quantitative estimate of drug-likeness (QED) is 0.773. The van der Waals surface area contributed by atoms with E-state index in [4.69, 9.17) is 4.74 Å². The largest absolute Gasteiger partial charge is 0.374 e. The van der Waals surface area contributed by atoms with Gasteiger partial charge in [0.15, 0.2) is 0 Å². The van der Waals surface area contributed by atoms with E-state index < -0.39 is 0 Å². The molecule has 2 aliphatic heterocycles. The molecule has 8 nitrogen and oxygen atoms in total. The summed E-state index contributed by atoms with van der Waals surface area (Å²) in [6.07, 6.45) is 7.42. The van der Waals surface area contributed by atoms with Crippen LogP contribution in [0.5, 0.6) is 0 Å². The van der Waals surface area contributed by atoms with E-state index in [1.54, 1.807) is 34.5 Å². The van der Waals surface area contributed by atoms with Gasteiger partial charge in [-0.05, 0) is 19.3 Å². The van der Waals surface area contributed by atoms with E-state index >= 15 is 0 Å². The van der Waals surface area contributed by atoms with E-state index in [1.807, 2.05) is 0 Å². The van der Waals surface area contributed by atoms with E-state index in [-0.39, 0.29) is 12.0 Å². The first-order valence-corrected chi connectivity index (χ1v) is 9.09. The van der Waals surface area contributed by atoms with Crippen molar-refractivity contribution in [2.45, 2.75) is 44.3 Å². The molecule has 2 bridgehead atoms. The highest BCUT2D eigenvalue weighted by Gasteiger charge is 2.43. The SMILES string of the molecule is CC(=O)Nc1cc2c(cn1)cnn2-c1nnc(C2CC3CCC2O3)s1. The molecule has 3 aromatic rings. The van der Waals surface area contributed by atoms with E-state index in [0.29, 0.717) is 23.0 Å². The molecule has 9 heteroatoms. The Morgan fingerprint density at radius 2 is 2.28 bits per heavy atom. The third-order valence-electron chi connectivity index (χ3n) is 4.79. The maximum atomic E-state index is 11.2. The number of aromatic nitrogens is 5. The van der Waals surface area contributed by atoms with Crippen LogP contribution < -0.4 is 5.32 Å². The van der Waals surface area contributed by atoms with Crippen LogP contribution in [-0.4, -0.2) is 43.1 Å². The van der Waals surface area contributed by atoms with Crippen LogP contribution in [0.1, 0.15) is 37.1 Å². The minimum Gasteiger partial charge on any atom is -0.374 e. The molecule has 25 heavy (non-hydrogen) atoms. The monoisotopic (exact) mass is 356 g/mol. The van der Waals surface area contributed by atoms with Gasteiger partial charge in [-0.1, -0.05) is 11.3 Å². The number of hydrogen-bond acceptors (Lipinski definition) is 7. The molecule has 2 saturated heterocycles. The van der Waals surface area contributed by atoms with Crippen LogP contribution in [0, 0.1) is 0 Å². The van der Waals surface area contributed by atoms with Crippen molar-refractivity contribution >= 4 is 34.0 Å². The number of rotatable bonds is 3. The molecule has 3 atom stereocenters. The average molecular weight is 356 g/mol. The molecule has 5 heterocycles. The smallest absolute Gasteiger partial charge is 0.233 e. The molecule has 0 aromatic carbocycles. The Kier molecular flexibility index (Phi) is 3.32. The summed E-state index contributed by atoms with van der Waals surface area (Å²) in [5.41, 5.74) is 0.839. The number of carbonyl (C=O) groups is 1. The van der Waals surface area contributed by atoms with Crippen LogP contribution in [0.3, 0.4) is 0 Å². The molecular weight excluding hydrogens is 340 g/mol. The number of carbonyl (C=O) groups excluding carboxylic acids is 1. The predicted octanol–water partition coefficient (Wildman–Crippen LogP) is 2.27. The number of pyridine rings is 1. The van der Waals surface area contributed by atoms with Gasteiger partial charge in [0, 0.05) is 30.5 Å². The molecule has 2 fully saturated rings. The molecule has 1 N–H and O–H groups in total. The van der Waals surface area contributed by atoms with Crippen LogP contribution in [0.2, 0.25) is 0 Å². The fraction of sp³-hybridized carbons (Fsp3) is 0.438. The topological polar surface area (TPSA) is 94.8 Å². The number of nitrogens with one attached hydrogen (secondary N) is 1. The van der Waals surface area contributed by atoms with Crippen LogP contribution in [0.4, 0.5) is 5.82 Å². The molecule has 0 aliphatic carbocycles. The molecule has 3 unspecified atom stereocenters. The maximum absolute atomic E-state index is 11.2. The van der Waals surface area contributed by atoms with Crippen LogP contribution in [0.25, 0.3) is 16.0 Å². The maximum Gasteiger partial charge on any atom is 0.233 e. The van der Waals surface area contributed by atoms with Gasteiger partial charge in [-0.15, -0.1) is 10.2 Å². The third-order valence-corrected chi connectivity index (χ3v) is 5.82. The highest BCUT2D eigenvalue weighted by Crippen LogP contribution is 2.45. The van der Waals surface area contributed by atoms with Crippen molar-refractivity contribution in [1.82, 2.24) is 25.0 Å². The molecule has 0 spiro atoms. The Bertz CT molecular complexity index is 967. The van der Waals surface area contributed by atoms with E-state index in [2.05, 4.69) is 25.6 Å². The summed E-state index contributed by atoms with van der Waals surface area (Å²) >= 11 is 1.55. The van der Waals surface area contributed by atoms with Crippen LogP contribution in [-0.2, 0) is 9.53 Å². The van der Waals surface area contributed by atoms with Gasteiger partial charge in [0.2, 0.25) is 11.0 Å². The summed E-state index contributed by atoms with van der Waals surface area (Å²) in [4.78, 5) is 15.5. The number of nitrogens with zero attached hydrogens (tertiary/aromatic N) is 5. The number of hydrogen-bond donors (Lipinski definition) is 1. The van der Waals surface area contributed by atoms with E-state index in [1.165, 1.54) is 6.92 Å². The zero-order valence-electron chi connectivity index (χ0n) is 13.5. The molecular formula is C16H16N6O2S. The number of ether oxygens (including phenoxy) is 1.